The standard InChI is InChI=1S/C16H12F4N4OS/c1-9-6-7-26-13(9)14(25)21-10-2-4-11(5-3-10)24-12(8-17)22-23-15(24)16(18,19)20/h2-7H,8H2,1H3,(H,21,25). The molecule has 0 radical (unpaired) electrons. The summed E-state index contributed by atoms with van der Waals surface area (Å²) in [5.74, 6) is -2.07. The summed E-state index contributed by atoms with van der Waals surface area (Å²) >= 11 is 1.29. The minimum atomic E-state index is -4.77. The average molecular weight is 384 g/mol. The second-order valence-corrected chi connectivity index (χ2v) is 6.26. The molecule has 0 saturated carbocycles. The van der Waals surface area contributed by atoms with Crippen LogP contribution in [0.3, 0.4) is 0 Å². The van der Waals surface area contributed by atoms with Crippen molar-refractivity contribution in [3.8, 4) is 5.69 Å². The molecule has 0 aliphatic heterocycles. The predicted octanol–water partition coefficient (Wildman–Crippen LogP) is 4.38. The van der Waals surface area contributed by atoms with Gasteiger partial charge in [-0.2, -0.15) is 13.2 Å². The lowest BCUT2D eigenvalue weighted by Crippen LogP contribution is -2.15. The summed E-state index contributed by atoms with van der Waals surface area (Å²) < 4.78 is 52.7. The third-order valence-corrected chi connectivity index (χ3v) is 4.57. The highest BCUT2D eigenvalue weighted by Crippen LogP contribution is 2.31. The molecule has 10 heteroatoms. The van der Waals surface area contributed by atoms with Gasteiger partial charge in [0.05, 0.1) is 4.88 Å². The van der Waals surface area contributed by atoms with E-state index in [2.05, 4.69) is 15.5 Å². The maximum absolute atomic E-state index is 13.0. The minimum absolute atomic E-state index is 0.0419. The fraction of sp³-hybridized carbons (Fsp3) is 0.188. The number of aromatic nitrogens is 3. The first-order valence-corrected chi connectivity index (χ1v) is 8.22. The Kier molecular flexibility index (Phi) is 4.77. The molecular formula is C16H12F4N4OS. The molecular weight excluding hydrogens is 372 g/mol. The van der Waals surface area contributed by atoms with Crippen molar-refractivity contribution in [3.05, 3.63) is 57.8 Å². The topological polar surface area (TPSA) is 59.8 Å². The number of anilines is 1. The fourth-order valence-electron chi connectivity index (χ4n) is 2.35. The maximum atomic E-state index is 13.0. The van der Waals surface area contributed by atoms with Crippen LogP contribution in [0.25, 0.3) is 5.69 Å². The summed E-state index contributed by atoms with van der Waals surface area (Å²) in [5, 5.41) is 10.7. The van der Waals surface area contributed by atoms with E-state index in [0.29, 0.717) is 15.1 Å². The second-order valence-electron chi connectivity index (χ2n) is 5.34. The summed E-state index contributed by atoms with van der Waals surface area (Å²) in [5.41, 5.74) is 1.27. The highest BCUT2D eigenvalue weighted by molar-refractivity contribution is 7.12. The quantitative estimate of drug-likeness (QED) is 0.679. The Bertz CT molecular complexity index is 931. The van der Waals surface area contributed by atoms with E-state index in [1.54, 1.807) is 12.3 Å². The zero-order valence-electron chi connectivity index (χ0n) is 13.3. The molecule has 0 aliphatic rings. The van der Waals surface area contributed by atoms with Crippen LogP contribution in [0.4, 0.5) is 23.2 Å². The first kappa shape index (κ1) is 18.1. The number of hydrogen-bond donors (Lipinski definition) is 1. The SMILES string of the molecule is Cc1ccsc1C(=O)Nc1ccc(-n2c(CF)nnc2C(F)(F)F)cc1. The number of nitrogens with zero attached hydrogens (tertiary/aromatic N) is 3. The first-order chi connectivity index (χ1) is 12.3. The molecule has 1 N–H and O–H groups in total. The smallest absolute Gasteiger partial charge is 0.321 e. The van der Waals surface area contributed by atoms with Gasteiger partial charge in [-0.25, -0.2) is 4.39 Å². The number of thiophene rings is 1. The van der Waals surface area contributed by atoms with Crippen LogP contribution in [0.5, 0.6) is 0 Å². The van der Waals surface area contributed by atoms with Crippen molar-refractivity contribution >= 4 is 22.9 Å². The molecule has 0 bridgehead atoms. The van der Waals surface area contributed by atoms with E-state index in [9.17, 15) is 22.4 Å². The molecule has 0 saturated heterocycles. The Balaban J connectivity index is 1.88. The van der Waals surface area contributed by atoms with Gasteiger partial charge in [0.25, 0.3) is 5.91 Å². The highest BCUT2D eigenvalue weighted by atomic mass is 32.1. The average Bonchev–Trinajstić information content (AvgIpc) is 3.21. The number of hydrogen-bond acceptors (Lipinski definition) is 4. The van der Waals surface area contributed by atoms with Crippen molar-refractivity contribution in [1.29, 1.82) is 0 Å². The number of aryl methyl sites for hydroxylation is 1. The molecule has 0 fully saturated rings. The minimum Gasteiger partial charge on any atom is -0.321 e. The van der Waals surface area contributed by atoms with E-state index in [0.717, 1.165) is 5.56 Å². The van der Waals surface area contributed by atoms with Crippen LogP contribution in [0.1, 0.15) is 26.9 Å². The lowest BCUT2D eigenvalue weighted by Gasteiger charge is -2.12. The van der Waals surface area contributed by atoms with Crippen LogP contribution in [0, 0.1) is 6.92 Å². The van der Waals surface area contributed by atoms with Gasteiger partial charge in [-0.3, -0.25) is 9.36 Å². The summed E-state index contributed by atoms with van der Waals surface area (Å²) in [6.07, 6.45) is -4.77. The summed E-state index contributed by atoms with van der Waals surface area (Å²) in [4.78, 5) is 12.7. The molecule has 0 aliphatic carbocycles. The molecule has 3 aromatic rings. The number of carbonyl (C=O) groups excluding carboxylic acids is 1. The Morgan fingerprint density at radius 2 is 1.88 bits per heavy atom. The van der Waals surface area contributed by atoms with Gasteiger partial charge in [0, 0.05) is 11.4 Å². The number of halogens is 4. The Morgan fingerprint density at radius 3 is 2.42 bits per heavy atom. The summed E-state index contributed by atoms with van der Waals surface area (Å²) in [6.45, 7) is 0.608. The molecule has 5 nitrogen and oxygen atoms in total. The molecule has 0 atom stereocenters. The Morgan fingerprint density at radius 1 is 1.19 bits per heavy atom. The van der Waals surface area contributed by atoms with Crippen LogP contribution in [0.2, 0.25) is 0 Å². The van der Waals surface area contributed by atoms with Crippen molar-refractivity contribution < 1.29 is 22.4 Å². The molecule has 1 amide bonds. The largest absolute Gasteiger partial charge is 0.452 e. The highest BCUT2D eigenvalue weighted by Gasteiger charge is 2.38. The van der Waals surface area contributed by atoms with Gasteiger partial charge in [-0.15, -0.1) is 21.5 Å². The van der Waals surface area contributed by atoms with E-state index in [4.69, 9.17) is 0 Å². The van der Waals surface area contributed by atoms with Crippen molar-refractivity contribution in [1.82, 2.24) is 14.8 Å². The van der Waals surface area contributed by atoms with Gasteiger partial charge in [0.2, 0.25) is 5.82 Å². The van der Waals surface area contributed by atoms with E-state index in [-0.39, 0.29) is 11.6 Å². The number of alkyl halides is 4. The second kappa shape index (κ2) is 6.87. The molecule has 3 rings (SSSR count). The third-order valence-electron chi connectivity index (χ3n) is 3.55. The zero-order chi connectivity index (χ0) is 18.9. The van der Waals surface area contributed by atoms with E-state index in [1.807, 2.05) is 6.07 Å². The first-order valence-electron chi connectivity index (χ1n) is 7.34. The van der Waals surface area contributed by atoms with Crippen LogP contribution in [0.15, 0.2) is 35.7 Å². The van der Waals surface area contributed by atoms with Gasteiger partial charge >= 0.3 is 6.18 Å². The molecule has 136 valence electrons. The summed E-state index contributed by atoms with van der Waals surface area (Å²) in [6, 6.07) is 7.33. The van der Waals surface area contributed by atoms with E-state index < -0.39 is 24.5 Å². The Labute approximate surface area is 149 Å². The van der Waals surface area contributed by atoms with E-state index >= 15 is 0 Å². The number of carbonyl (C=O) groups is 1. The van der Waals surface area contributed by atoms with Crippen LogP contribution >= 0.6 is 11.3 Å². The molecule has 2 heterocycles. The van der Waals surface area contributed by atoms with Crippen LogP contribution in [-0.2, 0) is 12.9 Å². The lowest BCUT2D eigenvalue weighted by atomic mass is 10.2. The van der Waals surface area contributed by atoms with Crippen molar-refractivity contribution in [2.45, 2.75) is 19.8 Å². The van der Waals surface area contributed by atoms with Gasteiger partial charge < -0.3 is 5.32 Å². The number of amides is 1. The van der Waals surface area contributed by atoms with Gasteiger partial charge in [-0.1, -0.05) is 0 Å². The predicted molar refractivity (Wildman–Crippen MR) is 88.2 cm³/mol. The van der Waals surface area contributed by atoms with Crippen molar-refractivity contribution in [2.75, 3.05) is 5.32 Å². The molecule has 1 aromatic carbocycles. The number of benzene rings is 1. The van der Waals surface area contributed by atoms with Gasteiger partial charge in [0.15, 0.2) is 5.82 Å². The molecule has 0 unspecified atom stereocenters. The van der Waals surface area contributed by atoms with Crippen molar-refractivity contribution in [3.63, 3.8) is 0 Å². The maximum Gasteiger partial charge on any atom is 0.452 e. The molecule has 2 aromatic heterocycles. The van der Waals surface area contributed by atoms with Crippen LogP contribution in [-0.4, -0.2) is 20.7 Å². The van der Waals surface area contributed by atoms with Crippen molar-refractivity contribution in [2.24, 2.45) is 0 Å². The summed E-state index contributed by atoms with van der Waals surface area (Å²) in [7, 11) is 0. The number of nitrogens with one attached hydrogen (secondary N) is 1. The molecule has 0 spiro atoms. The molecule has 26 heavy (non-hydrogen) atoms. The lowest BCUT2D eigenvalue weighted by molar-refractivity contribution is -0.146. The monoisotopic (exact) mass is 384 g/mol. The Hall–Kier alpha value is -2.75. The number of rotatable bonds is 4. The van der Waals surface area contributed by atoms with Gasteiger partial charge in [0.1, 0.15) is 6.67 Å². The zero-order valence-corrected chi connectivity index (χ0v) is 14.2. The van der Waals surface area contributed by atoms with E-state index in [1.165, 1.54) is 35.6 Å². The fourth-order valence-corrected chi connectivity index (χ4v) is 3.17. The van der Waals surface area contributed by atoms with Gasteiger partial charge in [-0.05, 0) is 48.2 Å². The third kappa shape index (κ3) is 3.45. The normalized spacial score (nSPS) is 11.6. The van der Waals surface area contributed by atoms with Crippen LogP contribution < -0.4 is 5.32 Å².